The first-order valence-corrected chi connectivity index (χ1v) is 10.5. The molecule has 164 valence electrons. The average molecular weight is 424 g/mol. The summed E-state index contributed by atoms with van der Waals surface area (Å²) in [5, 5.41) is 0.936. The van der Waals surface area contributed by atoms with E-state index < -0.39 is 0 Å². The number of fused-ring (bicyclic) bond motifs is 1. The molecule has 0 saturated carbocycles. The summed E-state index contributed by atoms with van der Waals surface area (Å²) in [5.41, 5.74) is 2.09. The number of hydrogen-bond donors (Lipinski definition) is 0. The number of benzene rings is 2. The Balaban J connectivity index is 1.71. The molecule has 1 saturated heterocycles. The number of piperidine rings is 1. The lowest BCUT2D eigenvalue weighted by molar-refractivity contribution is 0.0473. The van der Waals surface area contributed by atoms with Crippen LogP contribution < -0.4 is 19.1 Å². The van der Waals surface area contributed by atoms with Gasteiger partial charge in [0.05, 0.1) is 33.0 Å². The lowest BCUT2D eigenvalue weighted by atomic mass is 9.89. The first kappa shape index (κ1) is 21.2. The summed E-state index contributed by atoms with van der Waals surface area (Å²) in [6.45, 7) is 4.35. The number of aromatic nitrogens is 2. The van der Waals surface area contributed by atoms with Crippen LogP contribution in [0.25, 0.3) is 10.9 Å². The van der Waals surface area contributed by atoms with Crippen molar-refractivity contribution in [3.8, 4) is 17.2 Å². The molecule has 2 heterocycles. The van der Waals surface area contributed by atoms with E-state index in [2.05, 4.69) is 27.0 Å². The van der Waals surface area contributed by atoms with Crippen LogP contribution in [0.15, 0.2) is 42.7 Å². The fourth-order valence-electron chi connectivity index (χ4n) is 4.32. The molecule has 2 atom stereocenters. The van der Waals surface area contributed by atoms with Crippen LogP contribution in [0.1, 0.15) is 24.8 Å². The molecule has 0 bridgehead atoms. The zero-order valence-electron chi connectivity index (χ0n) is 18.5. The van der Waals surface area contributed by atoms with E-state index in [1.165, 1.54) is 5.56 Å². The lowest BCUT2D eigenvalue weighted by Gasteiger charge is -2.39. The van der Waals surface area contributed by atoms with Crippen LogP contribution in [-0.2, 0) is 4.74 Å². The molecule has 2 aromatic carbocycles. The molecule has 1 aromatic heterocycles. The molecule has 7 nitrogen and oxygen atoms in total. The van der Waals surface area contributed by atoms with Crippen molar-refractivity contribution < 1.29 is 18.9 Å². The summed E-state index contributed by atoms with van der Waals surface area (Å²) in [6, 6.07) is 12.2. The molecule has 1 aliphatic rings. The number of anilines is 1. The molecule has 31 heavy (non-hydrogen) atoms. The quantitative estimate of drug-likeness (QED) is 0.568. The molecule has 0 spiro atoms. The van der Waals surface area contributed by atoms with Crippen molar-refractivity contribution in [2.45, 2.75) is 25.4 Å². The molecule has 7 heteroatoms. The smallest absolute Gasteiger partial charge is 0.162 e. The van der Waals surface area contributed by atoms with Crippen molar-refractivity contribution in [1.29, 1.82) is 0 Å². The molecular formula is C24H29N3O4. The predicted molar refractivity (Wildman–Crippen MR) is 121 cm³/mol. The number of hydrogen-bond acceptors (Lipinski definition) is 7. The Morgan fingerprint density at radius 3 is 2.35 bits per heavy atom. The highest BCUT2D eigenvalue weighted by Crippen LogP contribution is 2.37. The van der Waals surface area contributed by atoms with E-state index >= 15 is 0 Å². The second-order valence-electron chi connectivity index (χ2n) is 7.61. The number of ether oxygens (including phenoxy) is 4. The van der Waals surface area contributed by atoms with Crippen molar-refractivity contribution >= 4 is 16.7 Å². The highest BCUT2D eigenvalue weighted by molar-refractivity contribution is 5.92. The summed E-state index contributed by atoms with van der Waals surface area (Å²) >= 11 is 0. The van der Waals surface area contributed by atoms with Gasteiger partial charge in [0.15, 0.2) is 11.5 Å². The van der Waals surface area contributed by atoms with Crippen LogP contribution in [0.2, 0.25) is 0 Å². The maximum absolute atomic E-state index is 6.07. The highest BCUT2D eigenvalue weighted by atomic mass is 16.5. The van der Waals surface area contributed by atoms with Gasteiger partial charge < -0.3 is 23.8 Å². The van der Waals surface area contributed by atoms with Gasteiger partial charge in [-0.1, -0.05) is 12.1 Å². The van der Waals surface area contributed by atoms with Crippen molar-refractivity contribution in [3.05, 3.63) is 48.3 Å². The zero-order chi connectivity index (χ0) is 21.8. The Labute approximate surface area is 182 Å². The molecular weight excluding hydrogens is 394 g/mol. The van der Waals surface area contributed by atoms with Gasteiger partial charge in [0.25, 0.3) is 0 Å². The van der Waals surface area contributed by atoms with E-state index in [0.29, 0.717) is 24.0 Å². The third-order valence-electron chi connectivity index (χ3n) is 5.82. The van der Waals surface area contributed by atoms with Crippen molar-refractivity contribution in [2.75, 3.05) is 45.9 Å². The second-order valence-corrected chi connectivity index (χ2v) is 7.61. The van der Waals surface area contributed by atoms with Crippen molar-refractivity contribution in [1.82, 2.24) is 9.97 Å². The maximum atomic E-state index is 6.07. The fraction of sp³-hybridized carbons (Fsp3) is 0.417. The SMILES string of the molecule is CCOC1CC(c2ccc(OC)cc2)CN(c2ncnc3cc(OC)c(OC)cc23)C1. The third-order valence-corrected chi connectivity index (χ3v) is 5.82. The molecule has 4 rings (SSSR count). The predicted octanol–water partition coefficient (Wildman–Crippen LogP) is 4.05. The number of rotatable bonds is 7. The van der Waals surface area contributed by atoms with Gasteiger partial charge in [0.1, 0.15) is 17.9 Å². The molecule has 0 amide bonds. The summed E-state index contributed by atoms with van der Waals surface area (Å²) in [7, 11) is 4.95. The summed E-state index contributed by atoms with van der Waals surface area (Å²) in [4.78, 5) is 11.4. The van der Waals surface area contributed by atoms with Crippen LogP contribution in [0.4, 0.5) is 5.82 Å². The first-order chi connectivity index (χ1) is 15.2. The summed E-state index contributed by atoms with van der Waals surface area (Å²) in [6.07, 6.45) is 2.70. The van der Waals surface area contributed by atoms with Gasteiger partial charge in [-0.2, -0.15) is 0 Å². The Hall–Kier alpha value is -3.06. The van der Waals surface area contributed by atoms with Gasteiger partial charge in [-0.05, 0) is 37.1 Å². The van der Waals surface area contributed by atoms with Gasteiger partial charge in [0, 0.05) is 37.1 Å². The minimum atomic E-state index is 0.121. The molecule has 1 aliphatic heterocycles. The van der Waals surface area contributed by atoms with Crippen LogP contribution >= 0.6 is 0 Å². The van der Waals surface area contributed by atoms with Crippen LogP contribution in [0.5, 0.6) is 17.2 Å². The summed E-state index contributed by atoms with van der Waals surface area (Å²) in [5.74, 6) is 3.38. The normalized spacial score (nSPS) is 18.8. The number of methoxy groups -OCH3 is 3. The number of nitrogens with zero attached hydrogens (tertiary/aromatic N) is 3. The van der Waals surface area contributed by atoms with Crippen molar-refractivity contribution in [3.63, 3.8) is 0 Å². The maximum Gasteiger partial charge on any atom is 0.162 e. The van der Waals surface area contributed by atoms with Crippen LogP contribution in [0, 0.1) is 0 Å². The second kappa shape index (κ2) is 9.39. The highest BCUT2D eigenvalue weighted by Gasteiger charge is 2.30. The fourth-order valence-corrected chi connectivity index (χ4v) is 4.32. The van der Waals surface area contributed by atoms with Gasteiger partial charge in [-0.3, -0.25) is 0 Å². The van der Waals surface area contributed by atoms with Gasteiger partial charge in [-0.15, -0.1) is 0 Å². The van der Waals surface area contributed by atoms with Crippen LogP contribution in [-0.4, -0.2) is 57.1 Å². The molecule has 3 aromatic rings. The van der Waals surface area contributed by atoms with E-state index in [1.54, 1.807) is 27.7 Å². The molecule has 2 unspecified atom stereocenters. The Kier molecular flexibility index (Phi) is 6.42. The van der Waals surface area contributed by atoms with Crippen molar-refractivity contribution in [2.24, 2.45) is 0 Å². The third kappa shape index (κ3) is 4.37. The van der Waals surface area contributed by atoms with E-state index in [9.17, 15) is 0 Å². The molecule has 1 fully saturated rings. The lowest BCUT2D eigenvalue weighted by Crippen LogP contribution is -2.44. The van der Waals surface area contributed by atoms with E-state index in [4.69, 9.17) is 18.9 Å². The van der Waals surface area contributed by atoms with E-state index in [1.807, 2.05) is 31.2 Å². The molecule has 0 radical (unpaired) electrons. The topological polar surface area (TPSA) is 65.9 Å². The Morgan fingerprint density at radius 2 is 1.68 bits per heavy atom. The van der Waals surface area contributed by atoms with Crippen LogP contribution in [0.3, 0.4) is 0 Å². The minimum Gasteiger partial charge on any atom is -0.497 e. The Bertz CT molecular complexity index is 1030. The Morgan fingerprint density at radius 1 is 0.935 bits per heavy atom. The van der Waals surface area contributed by atoms with Gasteiger partial charge in [-0.25, -0.2) is 9.97 Å². The summed E-state index contributed by atoms with van der Waals surface area (Å²) < 4.78 is 22.4. The molecule has 0 aliphatic carbocycles. The minimum absolute atomic E-state index is 0.121. The first-order valence-electron chi connectivity index (χ1n) is 10.5. The molecule has 0 N–H and O–H groups in total. The average Bonchev–Trinajstić information content (AvgIpc) is 2.82. The standard InChI is InChI=1S/C24H29N3O4/c1-5-31-19-10-17(16-6-8-18(28-2)9-7-16)13-27(14-19)24-20-11-22(29-3)23(30-4)12-21(20)25-15-26-24/h6-9,11-12,15,17,19H,5,10,13-14H2,1-4H3. The van der Waals surface area contributed by atoms with Gasteiger partial charge >= 0.3 is 0 Å². The zero-order valence-corrected chi connectivity index (χ0v) is 18.5. The monoisotopic (exact) mass is 423 g/mol. The van der Waals surface area contributed by atoms with E-state index in [-0.39, 0.29) is 6.10 Å². The van der Waals surface area contributed by atoms with Gasteiger partial charge in [0.2, 0.25) is 0 Å². The van der Waals surface area contributed by atoms with E-state index in [0.717, 1.165) is 42.0 Å². The largest absolute Gasteiger partial charge is 0.497 e.